The van der Waals surface area contributed by atoms with Gasteiger partial charge in [0.1, 0.15) is 0 Å². The highest BCUT2D eigenvalue weighted by Gasteiger charge is 2.22. The van der Waals surface area contributed by atoms with Gasteiger partial charge in [-0.25, -0.2) is 0 Å². The first-order valence-corrected chi connectivity index (χ1v) is 7.27. The maximum atomic E-state index is 11.6. The van der Waals surface area contributed by atoms with Crippen LogP contribution in [0.15, 0.2) is 29.2 Å². The van der Waals surface area contributed by atoms with E-state index in [0.29, 0.717) is 0 Å². The third kappa shape index (κ3) is 4.74. The molecule has 1 fully saturated rings. The second kappa shape index (κ2) is 6.52. The lowest BCUT2D eigenvalue weighted by molar-refractivity contribution is 0.0174. The van der Waals surface area contributed by atoms with Crippen LogP contribution in [-0.4, -0.2) is 64.3 Å². The lowest BCUT2D eigenvalue weighted by Crippen LogP contribution is -2.51. The summed E-state index contributed by atoms with van der Waals surface area (Å²) < 4.78 is 1.75. The molecule has 20 heavy (non-hydrogen) atoms. The van der Waals surface area contributed by atoms with E-state index in [1.807, 2.05) is 26.1 Å². The summed E-state index contributed by atoms with van der Waals surface area (Å²) in [6.45, 7) is 10.0. The van der Waals surface area contributed by atoms with Crippen molar-refractivity contribution < 1.29 is 5.11 Å². The summed E-state index contributed by atoms with van der Waals surface area (Å²) in [5, 5.41) is 9.83. The highest BCUT2D eigenvalue weighted by Crippen LogP contribution is 2.08. The Labute approximate surface area is 120 Å². The van der Waals surface area contributed by atoms with Crippen molar-refractivity contribution in [3.8, 4) is 0 Å². The average Bonchev–Trinajstić information content (AvgIpc) is 2.38. The molecule has 5 nitrogen and oxygen atoms in total. The van der Waals surface area contributed by atoms with Crippen molar-refractivity contribution in [3.05, 3.63) is 34.7 Å². The van der Waals surface area contributed by atoms with E-state index in [1.165, 1.54) is 0 Å². The molecule has 1 aromatic rings. The van der Waals surface area contributed by atoms with Crippen molar-refractivity contribution in [1.29, 1.82) is 0 Å². The summed E-state index contributed by atoms with van der Waals surface area (Å²) >= 11 is 0. The Hall–Kier alpha value is -1.17. The van der Waals surface area contributed by atoms with Crippen molar-refractivity contribution >= 4 is 0 Å². The van der Waals surface area contributed by atoms with E-state index in [-0.39, 0.29) is 5.56 Å². The summed E-state index contributed by atoms with van der Waals surface area (Å²) in [5.41, 5.74) is -0.562. The van der Waals surface area contributed by atoms with E-state index >= 15 is 0 Å². The summed E-state index contributed by atoms with van der Waals surface area (Å²) in [4.78, 5) is 16.3. The zero-order valence-corrected chi connectivity index (χ0v) is 12.5. The van der Waals surface area contributed by atoms with Crippen LogP contribution in [0.3, 0.4) is 0 Å². The number of pyridine rings is 1. The Balaban J connectivity index is 1.75. The standard InChI is InChI=1S/C15H25N3O2/c1-15(2,20)13-17-9-7-16(8-10-17)11-12-18-6-4-3-5-14(18)19/h3-6,20H,7-13H2,1-2H3. The summed E-state index contributed by atoms with van der Waals surface area (Å²) in [6.07, 6.45) is 1.84. The van der Waals surface area contributed by atoms with Gasteiger partial charge in [-0.3, -0.25) is 14.6 Å². The van der Waals surface area contributed by atoms with Gasteiger partial charge in [0, 0.05) is 58.1 Å². The number of aliphatic hydroxyl groups is 1. The van der Waals surface area contributed by atoms with E-state index in [4.69, 9.17) is 0 Å². The number of hydrogen-bond acceptors (Lipinski definition) is 4. The van der Waals surface area contributed by atoms with E-state index in [1.54, 1.807) is 16.7 Å². The molecule has 0 spiro atoms. The van der Waals surface area contributed by atoms with Gasteiger partial charge in [-0.05, 0) is 19.9 Å². The van der Waals surface area contributed by atoms with Gasteiger partial charge < -0.3 is 9.67 Å². The van der Waals surface area contributed by atoms with Crippen LogP contribution in [0.1, 0.15) is 13.8 Å². The fourth-order valence-electron chi connectivity index (χ4n) is 2.61. The van der Waals surface area contributed by atoms with Gasteiger partial charge in [-0.15, -0.1) is 0 Å². The maximum absolute atomic E-state index is 11.6. The minimum atomic E-state index is -0.625. The van der Waals surface area contributed by atoms with Crippen molar-refractivity contribution in [1.82, 2.24) is 14.4 Å². The molecule has 1 aromatic heterocycles. The van der Waals surface area contributed by atoms with Crippen LogP contribution in [0.2, 0.25) is 0 Å². The van der Waals surface area contributed by atoms with Gasteiger partial charge in [0.05, 0.1) is 5.60 Å². The Morgan fingerprint density at radius 3 is 2.35 bits per heavy atom. The van der Waals surface area contributed by atoms with Crippen LogP contribution >= 0.6 is 0 Å². The summed E-state index contributed by atoms with van der Waals surface area (Å²) in [5.74, 6) is 0. The molecule has 0 bridgehead atoms. The van der Waals surface area contributed by atoms with E-state index in [2.05, 4.69) is 9.80 Å². The first-order chi connectivity index (χ1) is 9.44. The molecule has 2 heterocycles. The minimum Gasteiger partial charge on any atom is -0.389 e. The molecule has 0 amide bonds. The number of rotatable bonds is 5. The largest absolute Gasteiger partial charge is 0.389 e. The highest BCUT2D eigenvalue weighted by molar-refractivity contribution is 4.93. The molecule has 5 heteroatoms. The fourth-order valence-corrected chi connectivity index (χ4v) is 2.61. The van der Waals surface area contributed by atoms with Crippen molar-refractivity contribution in [2.75, 3.05) is 39.3 Å². The van der Waals surface area contributed by atoms with Crippen LogP contribution in [0, 0.1) is 0 Å². The predicted octanol–water partition coefficient (Wildman–Crippen LogP) is 0.237. The van der Waals surface area contributed by atoms with E-state index in [0.717, 1.165) is 45.8 Å². The molecule has 1 aliphatic rings. The normalized spacial score (nSPS) is 18.4. The summed E-state index contributed by atoms with van der Waals surface area (Å²) in [6, 6.07) is 5.26. The van der Waals surface area contributed by atoms with E-state index in [9.17, 15) is 9.90 Å². The van der Waals surface area contributed by atoms with Gasteiger partial charge >= 0.3 is 0 Å². The Morgan fingerprint density at radius 2 is 1.75 bits per heavy atom. The summed E-state index contributed by atoms with van der Waals surface area (Å²) in [7, 11) is 0. The topological polar surface area (TPSA) is 48.7 Å². The molecule has 0 radical (unpaired) electrons. The number of aromatic nitrogens is 1. The minimum absolute atomic E-state index is 0.0631. The van der Waals surface area contributed by atoms with Gasteiger partial charge in [0.25, 0.3) is 5.56 Å². The SMILES string of the molecule is CC(C)(O)CN1CCN(CCn2ccccc2=O)CC1. The van der Waals surface area contributed by atoms with Crippen LogP contribution in [0.5, 0.6) is 0 Å². The zero-order chi connectivity index (χ0) is 14.6. The highest BCUT2D eigenvalue weighted by atomic mass is 16.3. The van der Waals surface area contributed by atoms with Crippen molar-refractivity contribution in [3.63, 3.8) is 0 Å². The molecule has 112 valence electrons. The quantitative estimate of drug-likeness (QED) is 0.839. The van der Waals surface area contributed by atoms with Crippen LogP contribution in [0.4, 0.5) is 0 Å². The number of piperazine rings is 1. The molecule has 0 aromatic carbocycles. The Morgan fingerprint density at radius 1 is 1.10 bits per heavy atom. The second-order valence-corrected chi connectivity index (χ2v) is 6.16. The second-order valence-electron chi connectivity index (χ2n) is 6.16. The van der Waals surface area contributed by atoms with Gasteiger partial charge in [0.15, 0.2) is 0 Å². The third-order valence-electron chi connectivity index (χ3n) is 3.63. The smallest absolute Gasteiger partial charge is 0.250 e. The van der Waals surface area contributed by atoms with Crippen LogP contribution in [-0.2, 0) is 6.54 Å². The molecule has 0 saturated carbocycles. The first-order valence-electron chi connectivity index (χ1n) is 7.27. The molecule has 0 unspecified atom stereocenters. The van der Waals surface area contributed by atoms with E-state index < -0.39 is 5.60 Å². The van der Waals surface area contributed by atoms with Gasteiger partial charge in [-0.2, -0.15) is 0 Å². The molecule has 0 aliphatic carbocycles. The predicted molar refractivity (Wildman–Crippen MR) is 79.9 cm³/mol. The molecule has 1 N–H and O–H groups in total. The third-order valence-corrected chi connectivity index (χ3v) is 3.63. The molecule has 2 rings (SSSR count). The Bertz CT molecular complexity index is 470. The molecule has 1 aliphatic heterocycles. The Kier molecular flexibility index (Phi) is 4.96. The van der Waals surface area contributed by atoms with Crippen molar-refractivity contribution in [2.24, 2.45) is 0 Å². The number of β-amino-alcohol motifs (C(OH)–C–C–N with tert-alkyl or cyclic N) is 1. The van der Waals surface area contributed by atoms with Crippen LogP contribution in [0.25, 0.3) is 0 Å². The molecular weight excluding hydrogens is 254 g/mol. The lowest BCUT2D eigenvalue weighted by atomic mass is 10.1. The molecule has 0 atom stereocenters. The van der Waals surface area contributed by atoms with Crippen LogP contribution < -0.4 is 5.56 Å². The fraction of sp³-hybridized carbons (Fsp3) is 0.667. The zero-order valence-electron chi connectivity index (χ0n) is 12.5. The van der Waals surface area contributed by atoms with Gasteiger partial charge in [0.2, 0.25) is 0 Å². The van der Waals surface area contributed by atoms with Gasteiger partial charge in [-0.1, -0.05) is 6.07 Å². The molecule has 1 saturated heterocycles. The monoisotopic (exact) mass is 279 g/mol. The number of nitrogens with zero attached hydrogens (tertiary/aromatic N) is 3. The maximum Gasteiger partial charge on any atom is 0.250 e. The van der Waals surface area contributed by atoms with Crippen molar-refractivity contribution in [2.45, 2.75) is 26.0 Å². The molecular formula is C15H25N3O2. The lowest BCUT2D eigenvalue weighted by Gasteiger charge is -2.37. The first kappa shape index (κ1) is 15.2. The number of hydrogen-bond donors (Lipinski definition) is 1. The average molecular weight is 279 g/mol.